The zero-order chi connectivity index (χ0) is 26.9. The molecule has 3 heterocycles. The highest BCUT2D eigenvalue weighted by Crippen LogP contribution is 2.45. The van der Waals surface area contributed by atoms with E-state index in [1.165, 1.54) is 22.3 Å². The monoisotopic (exact) mass is 562 g/mol. The number of nitrogens with one attached hydrogen (secondary N) is 2. The van der Waals surface area contributed by atoms with Gasteiger partial charge in [0.25, 0.3) is 0 Å². The molecule has 3 N–H and O–H groups in total. The maximum Gasteiger partial charge on any atom is 0.446 e. The number of thiazole rings is 1. The lowest BCUT2D eigenvalue weighted by Crippen LogP contribution is -2.45. The summed E-state index contributed by atoms with van der Waals surface area (Å²) in [4.78, 5) is 19.0. The maximum atomic E-state index is 13.3. The van der Waals surface area contributed by atoms with Gasteiger partial charge in [0, 0.05) is 34.0 Å². The zero-order valence-electron chi connectivity index (χ0n) is 20.4. The molecule has 2 aromatic carbocycles. The van der Waals surface area contributed by atoms with Crippen LogP contribution in [0.2, 0.25) is 0 Å². The SMILES string of the molecule is Cc1nc(C2(Cc3ccccc3SC(F)(F)F)CCN(C(=O)O)CC2)sc1CNc1ccc2[nH]nnc2c1. The van der Waals surface area contributed by atoms with Crippen LogP contribution < -0.4 is 5.32 Å². The molecule has 1 aliphatic heterocycles. The normalized spacial score (nSPS) is 15.6. The average Bonchev–Trinajstić information content (AvgIpc) is 3.49. The lowest BCUT2D eigenvalue weighted by atomic mass is 9.74. The predicted octanol–water partition coefficient (Wildman–Crippen LogP) is 6.20. The predicted molar refractivity (Wildman–Crippen MR) is 141 cm³/mol. The second-order valence-corrected chi connectivity index (χ2v) is 11.5. The standard InChI is InChI=1S/C25H25F3N6O2S2/c1-15-21(14-29-17-6-7-18-19(12-17)32-33-31-18)37-22(30-15)24(8-10-34(11-9-24)23(35)36)13-16-4-2-3-5-20(16)38-25(26,27)28/h2-7,12,29H,8-11,13-14H2,1H3,(H,35,36)(H,31,32,33). The van der Waals surface area contributed by atoms with Crippen LogP contribution in [0, 0.1) is 6.92 Å². The van der Waals surface area contributed by atoms with Crippen molar-refractivity contribution in [1.82, 2.24) is 25.3 Å². The Morgan fingerprint density at radius 1 is 1.24 bits per heavy atom. The number of nitrogens with zero attached hydrogens (tertiary/aromatic N) is 4. The number of rotatable bonds is 7. The molecule has 0 spiro atoms. The number of thioether (sulfide) groups is 1. The van der Waals surface area contributed by atoms with Gasteiger partial charge in [0.05, 0.1) is 22.8 Å². The highest BCUT2D eigenvalue weighted by Gasteiger charge is 2.41. The molecule has 8 nitrogen and oxygen atoms in total. The van der Waals surface area contributed by atoms with Gasteiger partial charge in [-0.25, -0.2) is 9.78 Å². The number of H-pyrrole nitrogens is 1. The Morgan fingerprint density at radius 3 is 2.74 bits per heavy atom. The summed E-state index contributed by atoms with van der Waals surface area (Å²) >= 11 is 1.42. The molecule has 2 aromatic heterocycles. The van der Waals surface area contributed by atoms with Gasteiger partial charge in [0.1, 0.15) is 5.52 Å². The second-order valence-electron chi connectivity index (χ2n) is 9.31. The Balaban J connectivity index is 1.42. The lowest BCUT2D eigenvalue weighted by molar-refractivity contribution is -0.0328. The summed E-state index contributed by atoms with van der Waals surface area (Å²) in [5, 5.41) is 24.4. The third kappa shape index (κ3) is 5.73. The van der Waals surface area contributed by atoms with Crippen molar-refractivity contribution in [1.29, 1.82) is 0 Å². The van der Waals surface area contributed by atoms with E-state index in [4.69, 9.17) is 4.98 Å². The quantitative estimate of drug-likeness (QED) is 0.230. The largest absolute Gasteiger partial charge is 0.465 e. The van der Waals surface area contributed by atoms with E-state index in [1.807, 2.05) is 25.1 Å². The minimum absolute atomic E-state index is 0.113. The summed E-state index contributed by atoms with van der Waals surface area (Å²) < 4.78 is 39.8. The third-order valence-electron chi connectivity index (χ3n) is 6.84. The Hall–Kier alpha value is -3.32. The van der Waals surface area contributed by atoms with E-state index in [0.717, 1.165) is 32.3 Å². The molecule has 0 aliphatic carbocycles. The molecule has 0 atom stereocenters. The number of likely N-dealkylation sites (tertiary alicyclic amines) is 1. The van der Waals surface area contributed by atoms with Crippen molar-refractivity contribution in [2.45, 2.75) is 48.5 Å². The summed E-state index contributed by atoms with van der Waals surface area (Å²) in [5.41, 5.74) is -1.07. The van der Waals surface area contributed by atoms with E-state index in [9.17, 15) is 23.1 Å². The van der Waals surface area contributed by atoms with Crippen molar-refractivity contribution in [2.24, 2.45) is 0 Å². The number of aromatic amines is 1. The van der Waals surface area contributed by atoms with Crippen LogP contribution in [0.15, 0.2) is 47.4 Å². The highest BCUT2D eigenvalue weighted by molar-refractivity contribution is 8.00. The van der Waals surface area contributed by atoms with Crippen molar-refractivity contribution in [3.8, 4) is 0 Å². The Morgan fingerprint density at radius 2 is 2.00 bits per heavy atom. The number of hydrogen-bond donors (Lipinski definition) is 3. The average molecular weight is 563 g/mol. The van der Waals surface area contributed by atoms with Gasteiger partial charge < -0.3 is 15.3 Å². The van der Waals surface area contributed by atoms with E-state index < -0.39 is 17.0 Å². The Labute approximate surface area is 224 Å². The molecule has 1 saturated heterocycles. The molecule has 13 heteroatoms. The number of anilines is 1. The number of aromatic nitrogens is 4. The van der Waals surface area contributed by atoms with Crippen LogP contribution >= 0.6 is 23.1 Å². The number of alkyl halides is 3. The van der Waals surface area contributed by atoms with E-state index in [2.05, 4.69) is 20.7 Å². The second kappa shape index (κ2) is 10.4. The number of amides is 1. The molecule has 1 aliphatic rings. The third-order valence-corrected chi connectivity index (χ3v) is 9.10. The molecule has 0 bridgehead atoms. The van der Waals surface area contributed by atoms with Gasteiger partial charge in [-0.15, -0.1) is 16.4 Å². The molecular weight excluding hydrogens is 537 g/mol. The molecular formula is C25H25F3N6O2S2. The van der Waals surface area contributed by atoms with Gasteiger partial charge in [-0.05, 0) is 67.8 Å². The van der Waals surface area contributed by atoms with Crippen molar-refractivity contribution in [2.75, 3.05) is 18.4 Å². The molecule has 0 unspecified atom stereocenters. The van der Waals surface area contributed by atoms with E-state index >= 15 is 0 Å². The Kier molecular flexibility index (Phi) is 7.23. The minimum atomic E-state index is -4.40. The number of carboxylic acid groups (broad SMARTS) is 1. The number of benzene rings is 2. The highest BCUT2D eigenvalue weighted by atomic mass is 32.2. The number of fused-ring (bicyclic) bond motifs is 1. The summed E-state index contributed by atoms with van der Waals surface area (Å²) in [5.74, 6) is 0. The van der Waals surface area contributed by atoms with Crippen molar-refractivity contribution >= 4 is 45.9 Å². The summed E-state index contributed by atoms with van der Waals surface area (Å²) in [7, 11) is 0. The van der Waals surface area contributed by atoms with Crippen LogP contribution in [-0.2, 0) is 18.4 Å². The van der Waals surface area contributed by atoms with Crippen LogP contribution in [0.3, 0.4) is 0 Å². The number of aryl methyl sites for hydroxylation is 1. The molecule has 5 rings (SSSR count). The van der Waals surface area contributed by atoms with Crippen LogP contribution in [0.25, 0.3) is 11.0 Å². The summed E-state index contributed by atoms with van der Waals surface area (Å²) in [6, 6.07) is 12.3. The first-order valence-electron chi connectivity index (χ1n) is 11.9. The van der Waals surface area contributed by atoms with Crippen LogP contribution in [0.1, 0.15) is 34.0 Å². The van der Waals surface area contributed by atoms with Crippen LogP contribution in [0.4, 0.5) is 23.7 Å². The summed E-state index contributed by atoms with van der Waals surface area (Å²) in [6.45, 7) is 3.04. The molecule has 200 valence electrons. The topological polar surface area (TPSA) is 107 Å². The molecule has 0 saturated carbocycles. The number of hydrogen-bond acceptors (Lipinski definition) is 7. The van der Waals surface area contributed by atoms with Gasteiger partial charge in [0.15, 0.2) is 0 Å². The molecule has 1 amide bonds. The first-order chi connectivity index (χ1) is 18.1. The number of carbonyl (C=O) groups is 1. The van der Waals surface area contributed by atoms with Gasteiger partial charge in [-0.1, -0.05) is 23.4 Å². The molecule has 0 radical (unpaired) electrons. The van der Waals surface area contributed by atoms with E-state index in [1.54, 1.807) is 18.2 Å². The fourth-order valence-corrected chi connectivity index (χ4v) is 6.70. The number of halogens is 3. The van der Waals surface area contributed by atoms with Crippen molar-refractivity contribution < 1.29 is 23.1 Å². The first kappa shape index (κ1) is 26.3. The molecule has 4 aromatic rings. The van der Waals surface area contributed by atoms with E-state index in [-0.39, 0.29) is 16.7 Å². The maximum absolute atomic E-state index is 13.3. The van der Waals surface area contributed by atoms with Crippen LogP contribution in [-0.4, -0.2) is 55.1 Å². The fourth-order valence-electron chi connectivity index (χ4n) is 4.78. The lowest BCUT2D eigenvalue weighted by Gasteiger charge is -2.40. The Bertz CT molecular complexity index is 1450. The van der Waals surface area contributed by atoms with Gasteiger partial charge >= 0.3 is 11.6 Å². The fraction of sp³-hybridized carbons (Fsp3) is 0.360. The number of piperidine rings is 1. The van der Waals surface area contributed by atoms with Crippen molar-refractivity contribution in [3.05, 3.63) is 63.6 Å². The van der Waals surface area contributed by atoms with Gasteiger partial charge in [0.2, 0.25) is 0 Å². The van der Waals surface area contributed by atoms with Crippen molar-refractivity contribution in [3.63, 3.8) is 0 Å². The molecule has 1 fully saturated rings. The molecule has 38 heavy (non-hydrogen) atoms. The van der Waals surface area contributed by atoms with Gasteiger partial charge in [-0.2, -0.15) is 13.2 Å². The van der Waals surface area contributed by atoms with E-state index in [0.29, 0.717) is 44.5 Å². The summed E-state index contributed by atoms with van der Waals surface area (Å²) in [6.07, 6.45) is 0.318. The first-order valence-corrected chi connectivity index (χ1v) is 13.6. The smallest absolute Gasteiger partial charge is 0.446 e. The van der Waals surface area contributed by atoms with Crippen LogP contribution in [0.5, 0.6) is 0 Å². The van der Waals surface area contributed by atoms with Gasteiger partial charge in [-0.3, -0.25) is 5.10 Å². The zero-order valence-corrected chi connectivity index (χ0v) is 22.0. The minimum Gasteiger partial charge on any atom is -0.465 e.